The maximum atomic E-state index is 12.2. The van der Waals surface area contributed by atoms with Gasteiger partial charge in [0.15, 0.2) is 17.6 Å². The monoisotopic (exact) mass is 310 g/mol. The molecule has 0 unspecified atom stereocenters. The van der Waals surface area contributed by atoms with Crippen molar-refractivity contribution in [3.63, 3.8) is 0 Å². The SMILES string of the molecule is COc1cc(C)ccc1O[C@H](C)C(=O)Nc1cccc(C#N)c1. The number of methoxy groups -OCH3 is 1. The number of nitriles is 1. The van der Waals surface area contributed by atoms with Crippen LogP contribution in [0.3, 0.4) is 0 Å². The summed E-state index contributed by atoms with van der Waals surface area (Å²) in [6.45, 7) is 3.60. The Hall–Kier alpha value is -3.00. The Morgan fingerprint density at radius 2 is 2.00 bits per heavy atom. The van der Waals surface area contributed by atoms with Gasteiger partial charge in [0.05, 0.1) is 18.7 Å². The number of aryl methyl sites for hydroxylation is 1. The summed E-state index contributed by atoms with van der Waals surface area (Å²) in [4.78, 5) is 12.2. The van der Waals surface area contributed by atoms with Crippen LogP contribution in [0.15, 0.2) is 42.5 Å². The van der Waals surface area contributed by atoms with Crippen molar-refractivity contribution in [1.29, 1.82) is 5.26 Å². The van der Waals surface area contributed by atoms with Gasteiger partial charge in [-0.3, -0.25) is 4.79 Å². The first-order valence-corrected chi connectivity index (χ1v) is 7.16. The largest absolute Gasteiger partial charge is 0.493 e. The number of anilines is 1. The number of nitrogens with one attached hydrogen (secondary N) is 1. The van der Waals surface area contributed by atoms with Crippen LogP contribution in [0.2, 0.25) is 0 Å². The fourth-order valence-corrected chi connectivity index (χ4v) is 2.03. The third kappa shape index (κ3) is 4.24. The number of amides is 1. The van der Waals surface area contributed by atoms with Gasteiger partial charge in [-0.05, 0) is 49.7 Å². The van der Waals surface area contributed by atoms with Gasteiger partial charge in [0.25, 0.3) is 5.91 Å². The Bertz CT molecular complexity index is 750. The highest BCUT2D eigenvalue weighted by Gasteiger charge is 2.17. The topological polar surface area (TPSA) is 71.3 Å². The lowest BCUT2D eigenvalue weighted by molar-refractivity contribution is -0.122. The van der Waals surface area contributed by atoms with Crippen LogP contribution in [0.5, 0.6) is 11.5 Å². The highest BCUT2D eigenvalue weighted by molar-refractivity contribution is 5.94. The molecule has 2 aromatic carbocycles. The molecule has 1 N–H and O–H groups in total. The summed E-state index contributed by atoms with van der Waals surface area (Å²) in [5, 5.41) is 11.6. The summed E-state index contributed by atoms with van der Waals surface area (Å²) in [5.74, 6) is 0.783. The average Bonchev–Trinajstić information content (AvgIpc) is 2.56. The lowest BCUT2D eigenvalue weighted by atomic mass is 10.2. The van der Waals surface area contributed by atoms with Crippen LogP contribution in [0.4, 0.5) is 5.69 Å². The summed E-state index contributed by atoms with van der Waals surface area (Å²) in [7, 11) is 1.56. The van der Waals surface area contributed by atoms with Gasteiger partial charge in [-0.2, -0.15) is 5.26 Å². The molecule has 0 aliphatic heterocycles. The number of carbonyl (C=O) groups is 1. The molecule has 23 heavy (non-hydrogen) atoms. The number of hydrogen-bond acceptors (Lipinski definition) is 4. The van der Waals surface area contributed by atoms with Crippen molar-refractivity contribution in [2.24, 2.45) is 0 Å². The van der Waals surface area contributed by atoms with Crippen molar-refractivity contribution in [2.75, 3.05) is 12.4 Å². The minimum absolute atomic E-state index is 0.303. The maximum Gasteiger partial charge on any atom is 0.265 e. The van der Waals surface area contributed by atoms with E-state index in [1.165, 1.54) is 0 Å². The standard InChI is InChI=1S/C18H18N2O3/c1-12-7-8-16(17(9-12)22-3)23-13(2)18(21)20-15-6-4-5-14(10-15)11-19/h4-10,13H,1-3H3,(H,20,21)/t13-/m1/s1. The van der Waals surface area contributed by atoms with E-state index in [1.807, 2.05) is 25.1 Å². The lowest BCUT2D eigenvalue weighted by Crippen LogP contribution is -2.30. The van der Waals surface area contributed by atoms with Gasteiger partial charge in [-0.1, -0.05) is 12.1 Å². The summed E-state index contributed by atoms with van der Waals surface area (Å²) < 4.78 is 10.9. The molecule has 1 atom stereocenters. The molecule has 1 amide bonds. The maximum absolute atomic E-state index is 12.2. The number of rotatable bonds is 5. The fourth-order valence-electron chi connectivity index (χ4n) is 2.03. The number of nitrogens with zero attached hydrogens (tertiary/aromatic N) is 1. The number of hydrogen-bond donors (Lipinski definition) is 1. The third-order valence-corrected chi connectivity index (χ3v) is 3.25. The molecule has 5 heteroatoms. The molecule has 0 aliphatic carbocycles. The smallest absolute Gasteiger partial charge is 0.265 e. The molecule has 2 aromatic rings. The van der Waals surface area contributed by atoms with Gasteiger partial charge in [0, 0.05) is 5.69 Å². The van der Waals surface area contributed by atoms with E-state index in [-0.39, 0.29) is 5.91 Å². The van der Waals surface area contributed by atoms with Gasteiger partial charge >= 0.3 is 0 Å². The molecule has 0 heterocycles. The third-order valence-electron chi connectivity index (χ3n) is 3.25. The van der Waals surface area contributed by atoms with E-state index >= 15 is 0 Å². The van der Waals surface area contributed by atoms with Crippen LogP contribution in [0, 0.1) is 18.3 Å². The molecule has 0 saturated carbocycles. The minimum atomic E-state index is -0.711. The first-order chi connectivity index (χ1) is 11.0. The highest BCUT2D eigenvalue weighted by Crippen LogP contribution is 2.28. The van der Waals surface area contributed by atoms with Crippen LogP contribution in [0.25, 0.3) is 0 Å². The first-order valence-electron chi connectivity index (χ1n) is 7.16. The molecule has 5 nitrogen and oxygen atoms in total. The summed E-state index contributed by atoms with van der Waals surface area (Å²) >= 11 is 0. The normalized spacial score (nSPS) is 11.2. The molecule has 0 spiro atoms. The second-order valence-corrected chi connectivity index (χ2v) is 5.10. The fraction of sp³-hybridized carbons (Fsp3) is 0.222. The van der Waals surface area contributed by atoms with E-state index in [9.17, 15) is 4.79 Å². The van der Waals surface area contributed by atoms with E-state index in [0.29, 0.717) is 22.7 Å². The lowest BCUT2D eigenvalue weighted by Gasteiger charge is -2.17. The Morgan fingerprint density at radius 1 is 1.22 bits per heavy atom. The zero-order valence-corrected chi connectivity index (χ0v) is 13.3. The number of benzene rings is 2. The van der Waals surface area contributed by atoms with E-state index in [4.69, 9.17) is 14.7 Å². The second-order valence-electron chi connectivity index (χ2n) is 5.10. The molecule has 0 aromatic heterocycles. The first kappa shape index (κ1) is 16.4. The molecular weight excluding hydrogens is 292 g/mol. The van der Waals surface area contributed by atoms with Crippen molar-refractivity contribution in [3.05, 3.63) is 53.6 Å². The zero-order valence-electron chi connectivity index (χ0n) is 13.3. The number of ether oxygens (including phenoxy) is 2. The molecule has 0 bridgehead atoms. The zero-order chi connectivity index (χ0) is 16.8. The summed E-state index contributed by atoms with van der Waals surface area (Å²) in [6, 6.07) is 14.2. The van der Waals surface area contributed by atoms with Gasteiger partial charge in [0.2, 0.25) is 0 Å². The van der Waals surface area contributed by atoms with Gasteiger partial charge in [-0.15, -0.1) is 0 Å². The second kappa shape index (κ2) is 7.32. The molecule has 0 radical (unpaired) electrons. The molecule has 118 valence electrons. The Balaban J connectivity index is 2.07. The predicted molar refractivity (Wildman–Crippen MR) is 87.6 cm³/mol. The van der Waals surface area contributed by atoms with E-state index in [1.54, 1.807) is 44.4 Å². The molecule has 0 fully saturated rings. The van der Waals surface area contributed by atoms with Gasteiger partial charge in [0.1, 0.15) is 0 Å². The molecule has 2 rings (SSSR count). The van der Waals surface area contributed by atoms with Crippen LogP contribution < -0.4 is 14.8 Å². The van der Waals surface area contributed by atoms with Crippen LogP contribution in [-0.2, 0) is 4.79 Å². The van der Waals surface area contributed by atoms with Crippen molar-refractivity contribution < 1.29 is 14.3 Å². The molecular formula is C18H18N2O3. The molecule has 0 aliphatic rings. The highest BCUT2D eigenvalue weighted by atomic mass is 16.5. The van der Waals surface area contributed by atoms with Crippen molar-refractivity contribution in [1.82, 2.24) is 0 Å². The Labute approximate surface area is 135 Å². The minimum Gasteiger partial charge on any atom is -0.493 e. The molecule has 0 saturated heterocycles. The van der Waals surface area contributed by atoms with Crippen molar-refractivity contribution in [2.45, 2.75) is 20.0 Å². The van der Waals surface area contributed by atoms with E-state index in [0.717, 1.165) is 5.56 Å². The van der Waals surface area contributed by atoms with Gasteiger partial charge in [-0.25, -0.2) is 0 Å². The Kier molecular flexibility index (Phi) is 5.21. The summed E-state index contributed by atoms with van der Waals surface area (Å²) in [5.41, 5.74) is 2.08. The van der Waals surface area contributed by atoms with Gasteiger partial charge < -0.3 is 14.8 Å². The van der Waals surface area contributed by atoms with Crippen LogP contribution in [-0.4, -0.2) is 19.1 Å². The summed E-state index contributed by atoms with van der Waals surface area (Å²) in [6.07, 6.45) is -0.711. The van der Waals surface area contributed by atoms with Crippen LogP contribution >= 0.6 is 0 Å². The quantitative estimate of drug-likeness (QED) is 0.920. The van der Waals surface area contributed by atoms with Crippen molar-refractivity contribution in [3.8, 4) is 17.6 Å². The van der Waals surface area contributed by atoms with E-state index < -0.39 is 6.10 Å². The predicted octanol–water partition coefficient (Wildman–Crippen LogP) is 3.28. The average molecular weight is 310 g/mol. The number of carbonyl (C=O) groups excluding carboxylic acids is 1. The Morgan fingerprint density at radius 3 is 2.70 bits per heavy atom. The van der Waals surface area contributed by atoms with E-state index in [2.05, 4.69) is 5.32 Å². The van der Waals surface area contributed by atoms with Crippen LogP contribution in [0.1, 0.15) is 18.1 Å². The van der Waals surface area contributed by atoms with Crippen molar-refractivity contribution >= 4 is 11.6 Å².